The van der Waals surface area contributed by atoms with E-state index in [0.717, 1.165) is 19.3 Å². The molecular weight excluding hydrogens is 828 g/mol. The Balaban J connectivity index is 1.41. The van der Waals surface area contributed by atoms with E-state index in [2.05, 4.69) is 217 Å². The van der Waals surface area contributed by atoms with Crippen LogP contribution in [0.25, 0.3) is 10.1 Å². The van der Waals surface area contributed by atoms with Crippen molar-refractivity contribution < 1.29 is 0 Å². The lowest BCUT2D eigenvalue weighted by Crippen LogP contribution is -2.61. The molecule has 1 aromatic heterocycles. The summed E-state index contributed by atoms with van der Waals surface area (Å²) >= 11 is 2.07. The number of anilines is 4. The molecule has 1 saturated carbocycles. The third-order valence-electron chi connectivity index (χ3n) is 17.8. The van der Waals surface area contributed by atoms with Crippen LogP contribution in [0.15, 0.2) is 109 Å². The third kappa shape index (κ3) is 7.64. The number of unbranched alkanes of at least 4 members (excludes halogenated alkanes) is 1. The molecule has 0 saturated heterocycles. The summed E-state index contributed by atoms with van der Waals surface area (Å²) in [6.07, 6.45) is 27.2. The molecular formula is C63H81BN2S. The molecule has 1 fully saturated rings. The van der Waals surface area contributed by atoms with E-state index in [-0.39, 0.29) is 33.8 Å². The van der Waals surface area contributed by atoms with Crippen LogP contribution in [0.5, 0.6) is 0 Å². The van der Waals surface area contributed by atoms with Crippen molar-refractivity contribution in [1.82, 2.24) is 0 Å². The maximum Gasteiger partial charge on any atom is 0.264 e. The zero-order valence-corrected chi connectivity index (χ0v) is 45.2. The van der Waals surface area contributed by atoms with Gasteiger partial charge >= 0.3 is 0 Å². The SMILES string of the molecule is C=CCC/C=C/C(=C/C)C(=C\C)/N1c2cc(C)cc3c2B(c2cc(C(C)(C)CC)c(C(C)C)cc2N3C2=CC3C(C=C2)C(C)(C)CCC3(C)C)c2sc3cc4c(cc3c21)C(C)(C)CCC4(C)C. The van der Waals surface area contributed by atoms with Gasteiger partial charge in [-0.25, -0.2) is 0 Å². The molecule has 3 aliphatic carbocycles. The van der Waals surface area contributed by atoms with Gasteiger partial charge in [0.1, 0.15) is 0 Å². The fraction of sp³-hybridized carbons (Fsp3) is 0.492. The second-order valence-electron chi connectivity index (χ2n) is 24.9. The van der Waals surface area contributed by atoms with Gasteiger partial charge in [0.15, 0.2) is 0 Å². The number of rotatable bonds is 10. The molecule has 0 amide bonds. The van der Waals surface area contributed by atoms with Gasteiger partial charge in [-0.05, 0) is 191 Å². The first-order valence-corrected chi connectivity index (χ1v) is 26.9. The van der Waals surface area contributed by atoms with Crippen LogP contribution in [0.1, 0.15) is 183 Å². The highest BCUT2D eigenvalue weighted by Crippen LogP contribution is 2.57. The van der Waals surface area contributed by atoms with Crippen LogP contribution in [0.2, 0.25) is 0 Å². The molecule has 0 radical (unpaired) electrons. The molecule has 352 valence electrons. The standard InChI is InChI=1S/C63H81BN2S/c1-18-22-23-24-25-41(19-2)51(20-3)66-54-33-40(7)32-53-56(54)64(58-57(66)44-35-48-49(38-55(44)67-58)63(16,17)31-30-62(48,14)15)50-37-46(59(8,9)21-4)43(39(5)6)36-52(50)65(53)42-26-27-45-47(34-42)61(12,13)29-28-60(45,10)11/h18-20,24-27,32-39,45,47H,1,21-23,28-31H2,2-17H3/b25-24+,41-19-,51-20+. The van der Waals surface area contributed by atoms with E-state index >= 15 is 0 Å². The van der Waals surface area contributed by atoms with Crippen molar-refractivity contribution in [3.8, 4) is 0 Å². The summed E-state index contributed by atoms with van der Waals surface area (Å²) < 4.78 is 2.88. The quantitative estimate of drug-likeness (QED) is 0.0677. The average Bonchev–Trinajstić information content (AvgIpc) is 3.65. The lowest BCUT2D eigenvalue weighted by Gasteiger charge is -2.52. The van der Waals surface area contributed by atoms with Gasteiger partial charge in [0, 0.05) is 43.3 Å². The minimum atomic E-state index is 0.0154. The van der Waals surface area contributed by atoms with Gasteiger partial charge in [-0.3, -0.25) is 0 Å². The molecule has 4 aromatic rings. The van der Waals surface area contributed by atoms with Crippen molar-refractivity contribution >= 4 is 66.6 Å². The number of fused-ring (bicyclic) bond motifs is 8. The van der Waals surface area contributed by atoms with Crippen LogP contribution in [0, 0.1) is 29.6 Å². The van der Waals surface area contributed by atoms with E-state index < -0.39 is 0 Å². The molecule has 2 atom stereocenters. The van der Waals surface area contributed by atoms with Crippen LogP contribution in [-0.2, 0) is 16.2 Å². The largest absolute Gasteiger partial charge is 0.312 e. The van der Waals surface area contributed by atoms with Gasteiger partial charge < -0.3 is 9.80 Å². The molecule has 0 spiro atoms. The van der Waals surface area contributed by atoms with Crippen LogP contribution >= 0.6 is 11.3 Å². The Labute approximate surface area is 411 Å². The zero-order valence-electron chi connectivity index (χ0n) is 44.4. The molecule has 0 bridgehead atoms. The average molecular weight is 909 g/mol. The van der Waals surface area contributed by atoms with Gasteiger partial charge in [-0.2, -0.15) is 0 Å². The lowest BCUT2D eigenvalue weighted by atomic mass is 9.35. The molecule has 3 heterocycles. The van der Waals surface area contributed by atoms with Gasteiger partial charge in [0.25, 0.3) is 6.71 Å². The Morgan fingerprint density at radius 3 is 2.12 bits per heavy atom. The smallest absolute Gasteiger partial charge is 0.264 e. The van der Waals surface area contributed by atoms with E-state index in [0.29, 0.717) is 17.8 Å². The second kappa shape index (κ2) is 16.7. The fourth-order valence-corrected chi connectivity index (χ4v) is 14.3. The second-order valence-corrected chi connectivity index (χ2v) is 25.9. The predicted octanol–water partition coefficient (Wildman–Crippen LogP) is 16.7. The highest BCUT2D eigenvalue weighted by Gasteiger charge is 2.50. The maximum atomic E-state index is 4.03. The van der Waals surface area contributed by atoms with Crippen LogP contribution in [0.4, 0.5) is 22.7 Å². The molecule has 9 rings (SSSR count). The normalized spacial score (nSPS) is 22.4. The molecule has 5 aliphatic rings. The van der Waals surface area contributed by atoms with Crippen molar-refractivity contribution in [1.29, 1.82) is 0 Å². The van der Waals surface area contributed by atoms with Gasteiger partial charge in [0.05, 0.1) is 5.69 Å². The van der Waals surface area contributed by atoms with E-state index in [1.54, 1.807) is 0 Å². The first kappa shape index (κ1) is 47.8. The van der Waals surface area contributed by atoms with Gasteiger partial charge in [-0.15, -0.1) is 17.9 Å². The number of thiophene rings is 1. The summed E-state index contributed by atoms with van der Waals surface area (Å²) in [5.74, 6) is 1.35. The Kier molecular flexibility index (Phi) is 11.9. The number of hydrogen-bond acceptors (Lipinski definition) is 3. The summed E-state index contributed by atoms with van der Waals surface area (Å²) in [6.45, 7) is 43.1. The lowest BCUT2D eigenvalue weighted by molar-refractivity contribution is 0.0327. The Hall–Kier alpha value is -4.28. The number of hydrogen-bond donors (Lipinski definition) is 0. The summed E-state index contributed by atoms with van der Waals surface area (Å²) in [4.78, 5) is 5.45. The first-order chi connectivity index (χ1) is 31.5. The van der Waals surface area contributed by atoms with Gasteiger partial charge in [-0.1, -0.05) is 139 Å². The third-order valence-corrected chi connectivity index (χ3v) is 19.0. The minimum Gasteiger partial charge on any atom is -0.312 e. The Bertz CT molecular complexity index is 2820. The van der Waals surface area contributed by atoms with Crippen molar-refractivity contribution in [2.75, 3.05) is 9.80 Å². The number of aryl methyl sites for hydroxylation is 1. The zero-order chi connectivity index (χ0) is 48.3. The molecule has 2 aliphatic heterocycles. The summed E-state index contributed by atoms with van der Waals surface area (Å²) in [7, 11) is 0. The summed E-state index contributed by atoms with van der Waals surface area (Å²) in [6, 6.07) is 15.7. The van der Waals surface area contributed by atoms with Crippen molar-refractivity contribution in [3.63, 3.8) is 0 Å². The molecule has 3 aromatic carbocycles. The number of benzene rings is 3. The molecule has 0 N–H and O–H groups in total. The van der Waals surface area contributed by atoms with Crippen LogP contribution in [0.3, 0.4) is 0 Å². The summed E-state index contributed by atoms with van der Waals surface area (Å²) in [5, 5.41) is 1.40. The molecule has 4 heteroatoms. The van der Waals surface area contributed by atoms with Crippen molar-refractivity contribution in [2.24, 2.45) is 22.7 Å². The fourth-order valence-electron chi connectivity index (χ4n) is 13.0. The molecule has 67 heavy (non-hydrogen) atoms. The maximum absolute atomic E-state index is 4.03. The highest BCUT2D eigenvalue weighted by molar-refractivity contribution is 7.33. The van der Waals surface area contributed by atoms with Crippen molar-refractivity contribution in [2.45, 2.75) is 178 Å². The molecule has 2 nitrogen and oxygen atoms in total. The van der Waals surface area contributed by atoms with E-state index in [4.69, 9.17) is 0 Å². The summed E-state index contributed by atoms with van der Waals surface area (Å²) in [5.41, 5.74) is 20.1. The predicted molar refractivity (Wildman–Crippen MR) is 298 cm³/mol. The molecule has 2 unspecified atom stereocenters. The monoisotopic (exact) mass is 909 g/mol. The van der Waals surface area contributed by atoms with Crippen LogP contribution < -0.4 is 25.5 Å². The first-order valence-electron chi connectivity index (χ1n) is 26.1. The Morgan fingerprint density at radius 1 is 0.836 bits per heavy atom. The Morgan fingerprint density at radius 2 is 1.49 bits per heavy atom. The van der Waals surface area contributed by atoms with Gasteiger partial charge in [0.2, 0.25) is 0 Å². The van der Waals surface area contributed by atoms with E-state index in [1.165, 1.54) is 119 Å². The number of nitrogens with zero attached hydrogens (tertiary/aromatic N) is 2. The highest BCUT2D eigenvalue weighted by atomic mass is 32.1. The van der Waals surface area contributed by atoms with Crippen LogP contribution in [-0.4, -0.2) is 6.71 Å². The van der Waals surface area contributed by atoms with Crippen molar-refractivity contribution in [3.05, 3.63) is 136 Å². The minimum absolute atomic E-state index is 0.0154. The number of allylic oxidation sites excluding steroid dienone is 8. The topological polar surface area (TPSA) is 6.48 Å². The van der Waals surface area contributed by atoms with E-state index in [1.807, 2.05) is 6.08 Å². The van der Waals surface area contributed by atoms with E-state index in [9.17, 15) is 0 Å².